The molecule has 0 unspecified atom stereocenters. The smallest absolute Gasteiger partial charge is 0.325 e. The summed E-state index contributed by atoms with van der Waals surface area (Å²) in [5, 5.41) is 11.0. The first-order valence-electron chi connectivity index (χ1n) is 7.07. The van der Waals surface area contributed by atoms with Gasteiger partial charge in [-0.15, -0.1) is 0 Å². The summed E-state index contributed by atoms with van der Waals surface area (Å²) in [5.74, 6) is -0.467. The van der Waals surface area contributed by atoms with Gasteiger partial charge in [0.2, 0.25) is 5.88 Å². The number of aromatic nitrogens is 4. The molecular weight excluding hydrogens is 382 g/mol. The molecule has 0 aliphatic heterocycles. The fourth-order valence-electron chi connectivity index (χ4n) is 2.12. The molecule has 0 bridgehead atoms. The average molecular weight is 392 g/mol. The lowest BCUT2D eigenvalue weighted by Gasteiger charge is -2.11. The average Bonchev–Trinajstić information content (AvgIpc) is 2.57. The van der Waals surface area contributed by atoms with Gasteiger partial charge in [-0.3, -0.25) is 24.1 Å². The lowest BCUT2D eigenvalue weighted by Crippen LogP contribution is -2.21. The largest absolute Gasteiger partial charge is 0.494 e. The second-order valence-electron chi connectivity index (χ2n) is 5.02. The second-order valence-corrected chi connectivity index (χ2v) is 5.85. The van der Waals surface area contributed by atoms with Crippen molar-refractivity contribution in [2.75, 3.05) is 0 Å². The highest BCUT2D eigenvalue weighted by Gasteiger charge is 2.13. The van der Waals surface area contributed by atoms with E-state index in [2.05, 4.69) is 15.0 Å². The summed E-state index contributed by atoms with van der Waals surface area (Å²) in [6.07, 6.45) is 2.08. The minimum atomic E-state index is -0.744. The molecule has 11 heteroatoms. The highest BCUT2D eigenvalue weighted by Crippen LogP contribution is 2.20. The molecule has 3 aromatic rings. The van der Waals surface area contributed by atoms with Crippen molar-refractivity contribution >= 4 is 35.7 Å². The third kappa shape index (κ3) is 3.41. The molecule has 0 aliphatic rings. The number of nitrogens with zero attached hydrogens (tertiary/aromatic N) is 2. The number of benzene rings is 1. The van der Waals surface area contributed by atoms with Gasteiger partial charge in [0.15, 0.2) is 4.77 Å². The van der Waals surface area contributed by atoms with Crippen molar-refractivity contribution in [3.05, 3.63) is 77.0 Å². The van der Waals surface area contributed by atoms with Crippen molar-refractivity contribution in [2.24, 2.45) is 4.99 Å². The molecule has 0 saturated carbocycles. The fourth-order valence-corrected chi connectivity index (χ4v) is 2.53. The van der Waals surface area contributed by atoms with Crippen LogP contribution in [0.25, 0.3) is 5.69 Å². The van der Waals surface area contributed by atoms with Crippen LogP contribution in [0.3, 0.4) is 0 Å². The molecule has 0 radical (unpaired) electrons. The fraction of sp³-hybridized carbons (Fsp3) is 0. The predicted molar refractivity (Wildman–Crippen MR) is 98.8 cm³/mol. The van der Waals surface area contributed by atoms with Gasteiger partial charge in [-0.2, -0.15) is 0 Å². The molecule has 26 heavy (non-hydrogen) atoms. The molecule has 4 N–H and O–H groups in total. The van der Waals surface area contributed by atoms with Gasteiger partial charge in [0.1, 0.15) is 11.3 Å². The van der Waals surface area contributed by atoms with Crippen LogP contribution in [0.4, 0.5) is 5.69 Å². The van der Waals surface area contributed by atoms with E-state index in [-0.39, 0.29) is 16.0 Å². The Morgan fingerprint density at radius 2 is 1.81 bits per heavy atom. The van der Waals surface area contributed by atoms with E-state index in [0.717, 1.165) is 12.4 Å². The topological polar surface area (TPSA) is 136 Å². The molecule has 3 rings (SSSR count). The Morgan fingerprint density at radius 1 is 1.12 bits per heavy atom. The number of hydrogen-bond acceptors (Lipinski definition) is 6. The molecule has 0 amide bonds. The Balaban J connectivity index is 2.15. The van der Waals surface area contributed by atoms with E-state index in [4.69, 9.17) is 23.8 Å². The Morgan fingerprint density at radius 3 is 2.46 bits per heavy atom. The SMILES string of the molecule is O=c1[nH]cc(N=Cc2c(O)n(-c3ccc(Cl)cc3)c(=S)[nH]c2=O)c(=O)[nH]1. The van der Waals surface area contributed by atoms with Crippen molar-refractivity contribution in [1.82, 2.24) is 19.5 Å². The van der Waals surface area contributed by atoms with Gasteiger partial charge >= 0.3 is 5.69 Å². The molecule has 0 spiro atoms. The van der Waals surface area contributed by atoms with E-state index in [1.54, 1.807) is 24.3 Å². The van der Waals surface area contributed by atoms with Crippen molar-refractivity contribution in [3.8, 4) is 11.6 Å². The van der Waals surface area contributed by atoms with E-state index in [0.29, 0.717) is 10.7 Å². The zero-order valence-electron chi connectivity index (χ0n) is 12.8. The summed E-state index contributed by atoms with van der Waals surface area (Å²) in [5.41, 5.74) is -2.04. The number of H-pyrrole nitrogens is 3. The summed E-state index contributed by atoms with van der Waals surface area (Å²) < 4.78 is 1.18. The maximum Gasteiger partial charge on any atom is 0.325 e. The van der Waals surface area contributed by atoms with Crippen LogP contribution in [-0.4, -0.2) is 30.8 Å². The van der Waals surface area contributed by atoms with Gasteiger partial charge in [-0.25, -0.2) is 9.79 Å². The zero-order chi connectivity index (χ0) is 18.8. The summed E-state index contributed by atoms with van der Waals surface area (Å²) in [6.45, 7) is 0. The predicted octanol–water partition coefficient (Wildman–Crippen LogP) is 1.38. The first-order chi connectivity index (χ1) is 12.4. The van der Waals surface area contributed by atoms with Crippen LogP contribution < -0.4 is 16.8 Å². The molecular formula is C15H10ClN5O4S. The van der Waals surface area contributed by atoms with Crippen molar-refractivity contribution in [3.63, 3.8) is 0 Å². The van der Waals surface area contributed by atoms with Crippen LogP contribution in [0.1, 0.15) is 5.56 Å². The third-order valence-electron chi connectivity index (χ3n) is 3.34. The molecule has 0 atom stereocenters. The molecule has 132 valence electrons. The van der Waals surface area contributed by atoms with E-state index in [1.807, 2.05) is 4.98 Å². The van der Waals surface area contributed by atoms with Gasteiger partial charge in [-0.05, 0) is 36.5 Å². The Labute approximate surface area is 154 Å². The Bertz CT molecular complexity index is 1240. The number of hydrogen-bond donors (Lipinski definition) is 4. The monoisotopic (exact) mass is 391 g/mol. The number of aromatic hydroxyl groups is 1. The van der Waals surface area contributed by atoms with Crippen LogP contribution in [0.2, 0.25) is 5.02 Å². The van der Waals surface area contributed by atoms with E-state index < -0.39 is 22.7 Å². The van der Waals surface area contributed by atoms with Crippen LogP contribution in [-0.2, 0) is 0 Å². The molecule has 2 aromatic heterocycles. The van der Waals surface area contributed by atoms with Crippen molar-refractivity contribution in [2.45, 2.75) is 0 Å². The van der Waals surface area contributed by atoms with Gasteiger partial charge in [-0.1, -0.05) is 11.6 Å². The number of rotatable bonds is 3. The summed E-state index contributed by atoms with van der Waals surface area (Å²) in [6, 6.07) is 6.39. The Hall–Kier alpha value is -3.24. The van der Waals surface area contributed by atoms with Crippen LogP contribution in [0, 0.1) is 4.77 Å². The lowest BCUT2D eigenvalue weighted by atomic mass is 10.3. The van der Waals surface area contributed by atoms with Crippen molar-refractivity contribution < 1.29 is 5.11 Å². The minimum absolute atomic E-state index is 0.0335. The number of aliphatic imine (C=N–C) groups is 1. The third-order valence-corrected chi connectivity index (χ3v) is 3.87. The van der Waals surface area contributed by atoms with Gasteiger partial charge in [0, 0.05) is 17.4 Å². The highest BCUT2D eigenvalue weighted by molar-refractivity contribution is 7.71. The Kier molecular flexibility index (Phi) is 4.69. The van der Waals surface area contributed by atoms with E-state index in [1.165, 1.54) is 4.57 Å². The quantitative estimate of drug-likeness (QED) is 0.395. The second kappa shape index (κ2) is 6.94. The molecule has 1 aromatic carbocycles. The minimum Gasteiger partial charge on any atom is -0.494 e. The standard InChI is InChI=1S/C15H10ClN5O4S/c16-7-1-3-8(4-2-7)21-13(24)9(11(22)20-15(21)26)5-17-10-6-18-14(25)19-12(10)23/h1-6,24H,(H,20,22,26)(H2,18,19,23,25). The maximum atomic E-state index is 12.1. The summed E-state index contributed by atoms with van der Waals surface area (Å²) >= 11 is 10.9. The van der Waals surface area contributed by atoms with Gasteiger partial charge in [0.25, 0.3) is 11.1 Å². The number of aromatic amines is 3. The van der Waals surface area contributed by atoms with Crippen LogP contribution in [0.5, 0.6) is 5.88 Å². The normalized spacial score (nSPS) is 11.1. The summed E-state index contributed by atoms with van der Waals surface area (Å²) in [7, 11) is 0. The molecule has 0 fully saturated rings. The van der Waals surface area contributed by atoms with E-state index >= 15 is 0 Å². The van der Waals surface area contributed by atoms with Crippen LogP contribution >= 0.6 is 23.8 Å². The highest BCUT2D eigenvalue weighted by atomic mass is 35.5. The molecule has 2 heterocycles. The maximum absolute atomic E-state index is 12.1. The first kappa shape index (κ1) is 17.6. The zero-order valence-corrected chi connectivity index (χ0v) is 14.4. The number of nitrogens with one attached hydrogen (secondary N) is 3. The van der Waals surface area contributed by atoms with Crippen LogP contribution in [0.15, 0.2) is 49.8 Å². The van der Waals surface area contributed by atoms with Gasteiger partial charge < -0.3 is 10.1 Å². The molecule has 0 saturated heterocycles. The van der Waals surface area contributed by atoms with E-state index in [9.17, 15) is 19.5 Å². The van der Waals surface area contributed by atoms with Gasteiger partial charge in [0.05, 0.1) is 5.69 Å². The number of halogens is 1. The van der Waals surface area contributed by atoms with Crippen molar-refractivity contribution in [1.29, 1.82) is 0 Å². The molecule has 0 aliphatic carbocycles. The first-order valence-corrected chi connectivity index (χ1v) is 7.86. The summed E-state index contributed by atoms with van der Waals surface area (Å²) in [4.78, 5) is 45.2. The lowest BCUT2D eigenvalue weighted by molar-refractivity contribution is 0.432. The molecule has 9 nitrogen and oxygen atoms in total.